The Morgan fingerprint density at radius 1 is 1.38 bits per heavy atom. The van der Waals surface area contributed by atoms with E-state index >= 15 is 0 Å². The van der Waals surface area contributed by atoms with Gasteiger partial charge in [-0.3, -0.25) is 4.79 Å². The summed E-state index contributed by atoms with van der Waals surface area (Å²) in [5.41, 5.74) is 7.29. The van der Waals surface area contributed by atoms with E-state index in [1.165, 1.54) is 0 Å². The molecule has 0 bridgehead atoms. The van der Waals surface area contributed by atoms with Crippen LogP contribution in [0.1, 0.15) is 48.0 Å². The molecule has 0 aliphatic heterocycles. The molecule has 2 N–H and O–H groups in total. The molecule has 0 saturated heterocycles. The summed E-state index contributed by atoms with van der Waals surface area (Å²) in [4.78, 5) is 12.0. The molecule has 16 heavy (non-hydrogen) atoms. The minimum atomic E-state index is -0.294. The summed E-state index contributed by atoms with van der Waals surface area (Å²) in [7, 11) is 0. The molecule has 0 aromatic heterocycles. The van der Waals surface area contributed by atoms with Crippen molar-refractivity contribution in [3.63, 3.8) is 0 Å². The first-order chi connectivity index (χ1) is 7.20. The van der Waals surface area contributed by atoms with Crippen LogP contribution in [0.5, 0.6) is 0 Å². The van der Waals surface area contributed by atoms with Gasteiger partial charge in [-0.25, -0.2) is 0 Å². The lowest BCUT2D eigenvalue weighted by Crippen LogP contribution is -2.27. The molecule has 0 spiro atoms. The van der Waals surface area contributed by atoms with Crippen molar-refractivity contribution in [3.8, 4) is 0 Å². The predicted octanol–water partition coefficient (Wildman–Crippen LogP) is 3.44. The lowest BCUT2D eigenvalue weighted by Gasteiger charge is -2.22. The Morgan fingerprint density at radius 3 is 2.25 bits per heavy atom. The summed E-state index contributed by atoms with van der Waals surface area (Å²) < 4.78 is 0. The van der Waals surface area contributed by atoms with Gasteiger partial charge in [-0.15, -0.1) is 0 Å². The third-order valence-corrected chi connectivity index (χ3v) is 2.65. The van der Waals surface area contributed by atoms with Crippen molar-refractivity contribution < 1.29 is 4.79 Å². The smallest absolute Gasteiger partial charge is 0.145 e. The fourth-order valence-electron chi connectivity index (χ4n) is 1.54. The Labute approximate surface area is 99.6 Å². The number of hydrogen-bond donors (Lipinski definition) is 1. The van der Waals surface area contributed by atoms with Crippen LogP contribution in [0.3, 0.4) is 0 Å². The van der Waals surface area contributed by atoms with Crippen molar-refractivity contribution >= 4 is 5.78 Å². The Balaban J connectivity index is 4.81. The second kappa shape index (κ2) is 5.88. The highest BCUT2D eigenvalue weighted by Crippen LogP contribution is 2.24. The third-order valence-electron chi connectivity index (χ3n) is 2.65. The van der Waals surface area contributed by atoms with Crippen LogP contribution in [-0.4, -0.2) is 5.78 Å². The zero-order chi connectivity index (χ0) is 12.9. The summed E-state index contributed by atoms with van der Waals surface area (Å²) in [6.45, 7) is 11.8. The van der Waals surface area contributed by atoms with E-state index < -0.39 is 0 Å². The Kier molecular flexibility index (Phi) is 5.49. The Morgan fingerprint density at radius 2 is 1.88 bits per heavy atom. The van der Waals surface area contributed by atoms with Crippen LogP contribution < -0.4 is 5.73 Å². The molecule has 2 nitrogen and oxygen atoms in total. The number of nitrogens with two attached hydrogens (primary N) is 1. The van der Waals surface area contributed by atoms with E-state index in [0.717, 1.165) is 17.7 Å². The van der Waals surface area contributed by atoms with Crippen LogP contribution in [0.4, 0.5) is 0 Å². The maximum atomic E-state index is 12.0. The fraction of sp³-hybridized carbons (Fsp3) is 0.643. The van der Waals surface area contributed by atoms with Crippen LogP contribution in [0.2, 0.25) is 0 Å². The van der Waals surface area contributed by atoms with Gasteiger partial charge in [-0.05, 0) is 19.4 Å². The van der Waals surface area contributed by atoms with Crippen molar-refractivity contribution in [1.29, 1.82) is 0 Å². The molecule has 92 valence electrons. The second-order valence-electron chi connectivity index (χ2n) is 5.34. The van der Waals surface area contributed by atoms with E-state index in [-0.39, 0.29) is 17.1 Å². The molecule has 0 aliphatic rings. The molecule has 0 aromatic rings. The van der Waals surface area contributed by atoms with E-state index in [2.05, 4.69) is 0 Å². The monoisotopic (exact) mass is 223 g/mol. The first-order valence-electron chi connectivity index (χ1n) is 5.88. The molecule has 0 amide bonds. The minimum Gasteiger partial charge on any atom is -0.399 e. The molecule has 1 unspecified atom stereocenters. The Hall–Kier alpha value is -1.05. The van der Waals surface area contributed by atoms with Gasteiger partial charge in [0.25, 0.3) is 0 Å². The molecule has 2 heteroatoms. The fourth-order valence-corrected chi connectivity index (χ4v) is 1.54. The highest BCUT2D eigenvalue weighted by molar-refractivity contribution is 5.87. The largest absolute Gasteiger partial charge is 0.399 e. The zero-order valence-corrected chi connectivity index (χ0v) is 11.4. The molecular weight excluding hydrogens is 198 g/mol. The van der Waals surface area contributed by atoms with Crippen molar-refractivity contribution in [3.05, 3.63) is 23.4 Å². The van der Waals surface area contributed by atoms with Crippen molar-refractivity contribution in [2.45, 2.75) is 48.0 Å². The van der Waals surface area contributed by atoms with Crippen LogP contribution in [0.25, 0.3) is 0 Å². The Bertz CT molecular complexity index is 305. The number of Topliss-reactive ketones (excluding diaryl/α,β-unsaturated/α-hetero) is 1. The summed E-state index contributed by atoms with van der Waals surface area (Å²) in [6.07, 6.45) is 4.77. The zero-order valence-electron chi connectivity index (χ0n) is 11.4. The molecule has 0 fully saturated rings. The molecule has 0 rings (SSSR count). The number of carbonyl (C=O) groups excluding carboxylic acids is 1. The van der Waals surface area contributed by atoms with Gasteiger partial charge in [0, 0.05) is 17.0 Å². The van der Waals surface area contributed by atoms with E-state index in [4.69, 9.17) is 5.73 Å². The van der Waals surface area contributed by atoms with Crippen LogP contribution >= 0.6 is 0 Å². The molecule has 0 heterocycles. The van der Waals surface area contributed by atoms with E-state index in [1.807, 2.05) is 53.7 Å². The van der Waals surface area contributed by atoms with Gasteiger partial charge in [0.15, 0.2) is 0 Å². The molecule has 0 saturated carbocycles. The minimum absolute atomic E-state index is 0.0659. The topological polar surface area (TPSA) is 43.1 Å². The number of rotatable bonds is 4. The van der Waals surface area contributed by atoms with Gasteiger partial charge in [0.1, 0.15) is 5.78 Å². The molecule has 1 atom stereocenters. The first-order valence-corrected chi connectivity index (χ1v) is 5.88. The van der Waals surface area contributed by atoms with E-state index in [1.54, 1.807) is 0 Å². The molecule has 0 radical (unpaired) electrons. The van der Waals surface area contributed by atoms with Gasteiger partial charge in [0.2, 0.25) is 0 Å². The van der Waals surface area contributed by atoms with E-state index in [9.17, 15) is 4.79 Å². The number of hydrogen-bond acceptors (Lipinski definition) is 2. The van der Waals surface area contributed by atoms with Gasteiger partial charge in [-0.2, -0.15) is 0 Å². The number of ketones is 1. The maximum absolute atomic E-state index is 12.0. The summed E-state index contributed by atoms with van der Waals surface area (Å²) >= 11 is 0. The van der Waals surface area contributed by atoms with Gasteiger partial charge in [0.05, 0.1) is 0 Å². The van der Waals surface area contributed by atoms with Crippen LogP contribution in [0.15, 0.2) is 23.4 Å². The maximum Gasteiger partial charge on any atom is 0.145 e. The van der Waals surface area contributed by atoms with Crippen molar-refractivity contribution in [2.75, 3.05) is 0 Å². The normalized spacial score (nSPS) is 16.1. The van der Waals surface area contributed by atoms with Gasteiger partial charge in [-0.1, -0.05) is 46.3 Å². The first kappa shape index (κ1) is 14.9. The van der Waals surface area contributed by atoms with Crippen molar-refractivity contribution in [1.82, 2.24) is 0 Å². The average Bonchev–Trinajstić information content (AvgIpc) is 2.14. The standard InChI is InChI=1S/C14H25NO/c1-7-8-12(15)9-10(2)11(3)13(16)14(4,5)6/h8-9,11H,7,15H2,1-6H3/b10-9-,12-8+. The predicted molar refractivity (Wildman–Crippen MR) is 69.9 cm³/mol. The lowest BCUT2D eigenvalue weighted by molar-refractivity contribution is -0.128. The van der Waals surface area contributed by atoms with Crippen LogP contribution in [0, 0.1) is 11.3 Å². The molecule has 0 aliphatic carbocycles. The molecule has 0 aromatic carbocycles. The SMILES string of the molecule is CC/C=C(N)\C=C(\C)C(C)C(=O)C(C)(C)C. The summed E-state index contributed by atoms with van der Waals surface area (Å²) in [6, 6.07) is 0. The number of allylic oxidation sites excluding steroid dienone is 3. The van der Waals surface area contributed by atoms with Gasteiger partial charge < -0.3 is 5.73 Å². The quantitative estimate of drug-likeness (QED) is 0.742. The van der Waals surface area contributed by atoms with Crippen molar-refractivity contribution in [2.24, 2.45) is 17.1 Å². The summed E-state index contributed by atoms with van der Waals surface area (Å²) in [5, 5.41) is 0. The van der Waals surface area contributed by atoms with Gasteiger partial charge >= 0.3 is 0 Å². The summed E-state index contributed by atoms with van der Waals surface area (Å²) in [5.74, 6) is 0.189. The van der Waals surface area contributed by atoms with Crippen LogP contribution in [-0.2, 0) is 4.79 Å². The highest BCUT2D eigenvalue weighted by atomic mass is 16.1. The second-order valence-corrected chi connectivity index (χ2v) is 5.34. The third kappa shape index (κ3) is 4.65. The lowest BCUT2D eigenvalue weighted by atomic mass is 9.81. The molecular formula is C14H25NO. The van der Waals surface area contributed by atoms with E-state index in [0.29, 0.717) is 0 Å². The highest BCUT2D eigenvalue weighted by Gasteiger charge is 2.27. The number of carbonyl (C=O) groups is 1. The average molecular weight is 223 g/mol.